The molecule has 19 heavy (non-hydrogen) atoms. The molecule has 0 N–H and O–H groups in total. The molecule has 1 aromatic rings. The maximum atomic E-state index is 12.1. The summed E-state index contributed by atoms with van der Waals surface area (Å²) in [5.74, 6) is 0. The molecule has 0 spiro atoms. The first-order valence-electron chi connectivity index (χ1n) is 5.99. The largest absolute Gasteiger partial charge is 0.382 e. The first-order valence-corrected chi connectivity index (χ1v) is 7.39. The van der Waals surface area contributed by atoms with Crippen LogP contribution in [0.25, 0.3) is 0 Å². The number of ether oxygens (including phenoxy) is 1. The molecule has 0 amide bonds. The quantitative estimate of drug-likeness (QED) is 0.707. The minimum absolute atomic E-state index is 0.165. The van der Waals surface area contributed by atoms with Crippen molar-refractivity contribution >= 4 is 10.1 Å². The standard InChI is InChI=1S/C13H21NO4S/c1-11-5-7-13(8-6-11)19(15,16)18-12(10-17-4)9-14(2)3/h5-8,12H,9-10H2,1-4H3. The Morgan fingerprint density at radius 2 is 1.79 bits per heavy atom. The van der Waals surface area contributed by atoms with Gasteiger partial charge in [0.05, 0.1) is 11.5 Å². The lowest BCUT2D eigenvalue weighted by Gasteiger charge is -2.20. The van der Waals surface area contributed by atoms with Gasteiger partial charge in [0.1, 0.15) is 6.10 Å². The summed E-state index contributed by atoms with van der Waals surface area (Å²) in [5.41, 5.74) is 1.00. The van der Waals surface area contributed by atoms with Crippen molar-refractivity contribution < 1.29 is 17.3 Å². The minimum atomic E-state index is -3.75. The zero-order chi connectivity index (χ0) is 14.5. The molecule has 0 bridgehead atoms. The van der Waals surface area contributed by atoms with Gasteiger partial charge >= 0.3 is 0 Å². The van der Waals surface area contributed by atoms with Gasteiger partial charge in [0.25, 0.3) is 10.1 Å². The molecular formula is C13H21NO4S. The van der Waals surface area contributed by atoms with E-state index in [1.807, 2.05) is 25.9 Å². The topological polar surface area (TPSA) is 55.8 Å². The van der Waals surface area contributed by atoms with E-state index in [2.05, 4.69) is 0 Å². The zero-order valence-electron chi connectivity index (χ0n) is 11.8. The van der Waals surface area contributed by atoms with Gasteiger partial charge in [-0.05, 0) is 33.2 Å². The molecule has 0 radical (unpaired) electrons. The van der Waals surface area contributed by atoms with Gasteiger partial charge in [0.2, 0.25) is 0 Å². The Morgan fingerprint density at radius 1 is 1.21 bits per heavy atom. The lowest BCUT2D eigenvalue weighted by Crippen LogP contribution is -2.33. The summed E-state index contributed by atoms with van der Waals surface area (Å²) in [6.07, 6.45) is -0.522. The normalized spacial score (nSPS) is 13.7. The highest BCUT2D eigenvalue weighted by Crippen LogP contribution is 2.15. The SMILES string of the molecule is COCC(CN(C)C)OS(=O)(=O)c1ccc(C)cc1. The Labute approximate surface area is 115 Å². The number of likely N-dealkylation sites (N-methyl/N-ethyl adjacent to an activating group) is 1. The monoisotopic (exact) mass is 287 g/mol. The first-order chi connectivity index (χ1) is 8.85. The predicted molar refractivity (Wildman–Crippen MR) is 73.7 cm³/mol. The summed E-state index contributed by atoms with van der Waals surface area (Å²) in [6, 6.07) is 6.58. The maximum absolute atomic E-state index is 12.1. The van der Waals surface area contributed by atoms with Crippen LogP contribution in [0.3, 0.4) is 0 Å². The van der Waals surface area contributed by atoms with Crippen molar-refractivity contribution in [2.75, 3.05) is 34.4 Å². The van der Waals surface area contributed by atoms with E-state index < -0.39 is 16.2 Å². The van der Waals surface area contributed by atoms with Crippen molar-refractivity contribution in [3.05, 3.63) is 29.8 Å². The van der Waals surface area contributed by atoms with Gasteiger partial charge in [0, 0.05) is 13.7 Å². The highest BCUT2D eigenvalue weighted by atomic mass is 32.2. The fraction of sp³-hybridized carbons (Fsp3) is 0.538. The van der Waals surface area contributed by atoms with Gasteiger partial charge in [-0.2, -0.15) is 8.42 Å². The van der Waals surface area contributed by atoms with E-state index in [1.54, 1.807) is 24.3 Å². The van der Waals surface area contributed by atoms with Crippen molar-refractivity contribution in [1.82, 2.24) is 4.90 Å². The van der Waals surface area contributed by atoms with Crippen LogP contribution in [0.2, 0.25) is 0 Å². The highest BCUT2D eigenvalue weighted by molar-refractivity contribution is 7.86. The van der Waals surface area contributed by atoms with Crippen LogP contribution in [-0.4, -0.2) is 53.8 Å². The number of methoxy groups -OCH3 is 1. The van der Waals surface area contributed by atoms with Crippen LogP contribution in [0.5, 0.6) is 0 Å². The van der Waals surface area contributed by atoms with Gasteiger partial charge in [-0.15, -0.1) is 0 Å². The number of hydrogen-bond donors (Lipinski definition) is 0. The number of rotatable bonds is 7. The molecule has 1 rings (SSSR count). The summed E-state index contributed by atoms with van der Waals surface area (Å²) in [7, 11) is 1.47. The molecule has 0 saturated heterocycles. The van der Waals surface area contributed by atoms with E-state index in [-0.39, 0.29) is 11.5 Å². The van der Waals surface area contributed by atoms with Gasteiger partial charge < -0.3 is 9.64 Å². The molecule has 0 aliphatic carbocycles. The lowest BCUT2D eigenvalue weighted by molar-refractivity contribution is 0.0682. The van der Waals surface area contributed by atoms with Crippen molar-refractivity contribution in [3.8, 4) is 0 Å². The van der Waals surface area contributed by atoms with Crippen molar-refractivity contribution in [2.45, 2.75) is 17.9 Å². The van der Waals surface area contributed by atoms with E-state index in [0.717, 1.165) is 5.56 Å². The molecular weight excluding hydrogens is 266 g/mol. The molecule has 0 saturated carbocycles. The first kappa shape index (κ1) is 16.1. The second-order valence-electron chi connectivity index (χ2n) is 4.70. The fourth-order valence-corrected chi connectivity index (χ4v) is 2.70. The summed E-state index contributed by atoms with van der Waals surface area (Å²) < 4.78 is 34.4. The molecule has 0 aliphatic heterocycles. The van der Waals surface area contributed by atoms with Gasteiger partial charge in [-0.25, -0.2) is 0 Å². The third-order valence-electron chi connectivity index (χ3n) is 2.49. The molecule has 0 fully saturated rings. The van der Waals surface area contributed by atoms with Crippen LogP contribution in [0.1, 0.15) is 5.56 Å². The van der Waals surface area contributed by atoms with Crippen molar-refractivity contribution in [1.29, 1.82) is 0 Å². The van der Waals surface area contributed by atoms with Gasteiger partial charge in [-0.3, -0.25) is 4.18 Å². The molecule has 0 aromatic heterocycles. The summed E-state index contributed by atoms with van der Waals surface area (Å²) in [4.78, 5) is 2.02. The molecule has 1 atom stereocenters. The Hall–Kier alpha value is -0.950. The van der Waals surface area contributed by atoms with E-state index in [1.165, 1.54) is 7.11 Å². The molecule has 5 nitrogen and oxygen atoms in total. The number of benzene rings is 1. The third kappa shape index (κ3) is 5.28. The number of nitrogens with zero attached hydrogens (tertiary/aromatic N) is 1. The number of aryl methyl sites for hydroxylation is 1. The maximum Gasteiger partial charge on any atom is 0.297 e. The average Bonchev–Trinajstić information content (AvgIpc) is 2.28. The molecule has 0 aliphatic rings. The summed E-state index contributed by atoms with van der Waals surface area (Å²) in [6.45, 7) is 2.60. The Morgan fingerprint density at radius 3 is 2.26 bits per heavy atom. The van der Waals surface area contributed by atoms with E-state index in [4.69, 9.17) is 8.92 Å². The molecule has 0 heterocycles. The summed E-state index contributed by atoms with van der Waals surface area (Å²) in [5, 5.41) is 0. The van der Waals surface area contributed by atoms with Gasteiger partial charge in [-0.1, -0.05) is 17.7 Å². The zero-order valence-corrected chi connectivity index (χ0v) is 12.6. The Kier molecular flexibility index (Phi) is 5.93. The Bertz CT molecular complexity index is 482. The summed E-state index contributed by atoms with van der Waals surface area (Å²) >= 11 is 0. The second kappa shape index (κ2) is 7.00. The predicted octanol–water partition coefficient (Wildman–Crippen LogP) is 1.28. The van der Waals surface area contributed by atoms with Crippen LogP contribution in [-0.2, 0) is 19.0 Å². The molecule has 108 valence electrons. The van der Waals surface area contributed by atoms with E-state index in [9.17, 15) is 8.42 Å². The van der Waals surface area contributed by atoms with Crippen LogP contribution in [0.4, 0.5) is 0 Å². The van der Waals surface area contributed by atoms with Crippen LogP contribution >= 0.6 is 0 Å². The molecule has 1 unspecified atom stereocenters. The van der Waals surface area contributed by atoms with Crippen LogP contribution in [0.15, 0.2) is 29.2 Å². The van der Waals surface area contributed by atoms with Crippen molar-refractivity contribution in [3.63, 3.8) is 0 Å². The minimum Gasteiger partial charge on any atom is -0.382 e. The third-order valence-corrected chi connectivity index (χ3v) is 3.87. The smallest absolute Gasteiger partial charge is 0.297 e. The molecule has 1 aromatic carbocycles. The molecule has 6 heteroatoms. The van der Waals surface area contributed by atoms with Crippen molar-refractivity contribution in [2.24, 2.45) is 0 Å². The van der Waals surface area contributed by atoms with Gasteiger partial charge in [0.15, 0.2) is 0 Å². The van der Waals surface area contributed by atoms with Crippen LogP contribution in [0, 0.1) is 6.92 Å². The highest BCUT2D eigenvalue weighted by Gasteiger charge is 2.22. The average molecular weight is 287 g/mol. The second-order valence-corrected chi connectivity index (χ2v) is 6.28. The lowest BCUT2D eigenvalue weighted by atomic mass is 10.2. The van der Waals surface area contributed by atoms with E-state index >= 15 is 0 Å². The van der Waals surface area contributed by atoms with E-state index in [0.29, 0.717) is 6.54 Å². The fourth-order valence-electron chi connectivity index (χ4n) is 1.64. The Balaban J connectivity index is 2.84. The van der Waals surface area contributed by atoms with Crippen LogP contribution < -0.4 is 0 Å². The number of hydrogen-bond acceptors (Lipinski definition) is 5.